The molecule has 0 radical (unpaired) electrons. The molecule has 1 saturated carbocycles. The molecule has 1 fully saturated rings. The quantitative estimate of drug-likeness (QED) is 0.843. The highest BCUT2D eigenvalue weighted by Gasteiger charge is 2.44. The van der Waals surface area contributed by atoms with Crippen LogP contribution in [0.1, 0.15) is 30.8 Å². The molecular formula is C12H14N4O. The molecule has 1 aliphatic rings. The Morgan fingerprint density at radius 1 is 1.65 bits per heavy atom. The van der Waals surface area contributed by atoms with Crippen molar-refractivity contribution in [2.45, 2.75) is 32.7 Å². The summed E-state index contributed by atoms with van der Waals surface area (Å²) in [6, 6.07) is 3.87. The summed E-state index contributed by atoms with van der Waals surface area (Å²) in [7, 11) is 0. The fourth-order valence-electron chi connectivity index (χ4n) is 1.86. The summed E-state index contributed by atoms with van der Waals surface area (Å²) in [6.45, 7) is 2.15. The lowest BCUT2D eigenvalue weighted by molar-refractivity contribution is -0.131. The Labute approximate surface area is 99.9 Å². The van der Waals surface area contributed by atoms with Crippen LogP contribution in [0.15, 0.2) is 12.3 Å². The summed E-state index contributed by atoms with van der Waals surface area (Å²) < 4.78 is 0. The van der Waals surface area contributed by atoms with Gasteiger partial charge in [0.25, 0.3) is 0 Å². The van der Waals surface area contributed by atoms with Gasteiger partial charge in [-0.3, -0.25) is 4.79 Å². The molecule has 5 nitrogen and oxygen atoms in total. The molecule has 0 bridgehead atoms. The van der Waals surface area contributed by atoms with E-state index in [4.69, 9.17) is 5.26 Å². The number of amides is 1. The Hall–Kier alpha value is -1.96. The van der Waals surface area contributed by atoms with E-state index < -0.39 is 5.41 Å². The van der Waals surface area contributed by atoms with Gasteiger partial charge < -0.3 is 5.32 Å². The first kappa shape index (κ1) is 11.5. The molecule has 1 amide bonds. The van der Waals surface area contributed by atoms with Crippen LogP contribution < -0.4 is 5.32 Å². The highest BCUT2D eigenvalue weighted by molar-refractivity contribution is 5.86. The summed E-state index contributed by atoms with van der Waals surface area (Å²) >= 11 is 0. The van der Waals surface area contributed by atoms with Gasteiger partial charge in [-0.1, -0.05) is 0 Å². The summed E-state index contributed by atoms with van der Waals surface area (Å²) in [5.41, 5.74) is -0.0273. The predicted molar refractivity (Wildman–Crippen MR) is 60.5 cm³/mol. The van der Waals surface area contributed by atoms with Crippen molar-refractivity contribution in [2.75, 3.05) is 0 Å². The third-order valence-electron chi connectivity index (χ3n) is 3.12. The van der Waals surface area contributed by atoms with Crippen molar-refractivity contribution in [3.8, 4) is 6.07 Å². The zero-order valence-corrected chi connectivity index (χ0v) is 9.73. The second kappa shape index (κ2) is 4.50. The van der Waals surface area contributed by atoms with Crippen molar-refractivity contribution in [3.05, 3.63) is 23.8 Å². The second-order valence-electron chi connectivity index (χ2n) is 4.33. The Balaban J connectivity index is 1.95. The topological polar surface area (TPSA) is 78.7 Å². The van der Waals surface area contributed by atoms with E-state index in [1.807, 2.05) is 0 Å². The van der Waals surface area contributed by atoms with Gasteiger partial charge in [-0.15, -0.1) is 0 Å². The normalized spacial score (nSPS) is 16.7. The number of nitrogens with one attached hydrogen (secondary N) is 1. The van der Waals surface area contributed by atoms with Crippen molar-refractivity contribution in [1.29, 1.82) is 5.26 Å². The van der Waals surface area contributed by atoms with Crippen molar-refractivity contribution in [1.82, 2.24) is 15.3 Å². The summed E-state index contributed by atoms with van der Waals surface area (Å²) in [6.07, 6.45) is 3.94. The van der Waals surface area contributed by atoms with E-state index in [9.17, 15) is 4.79 Å². The first-order valence-electron chi connectivity index (χ1n) is 5.64. The molecule has 1 N–H and O–H groups in total. The lowest BCUT2D eigenvalue weighted by Gasteiger charge is -2.33. The highest BCUT2D eigenvalue weighted by atomic mass is 16.2. The number of nitrogens with zero attached hydrogens (tertiary/aromatic N) is 3. The van der Waals surface area contributed by atoms with Crippen molar-refractivity contribution in [2.24, 2.45) is 5.41 Å². The minimum atomic E-state index is -0.790. The molecule has 1 aliphatic carbocycles. The molecule has 0 aromatic carbocycles. The lowest BCUT2D eigenvalue weighted by atomic mass is 9.69. The van der Waals surface area contributed by atoms with Crippen LogP contribution in [0.5, 0.6) is 0 Å². The van der Waals surface area contributed by atoms with E-state index in [-0.39, 0.29) is 5.91 Å². The van der Waals surface area contributed by atoms with E-state index >= 15 is 0 Å². The van der Waals surface area contributed by atoms with Crippen LogP contribution in [-0.2, 0) is 11.3 Å². The molecule has 0 aliphatic heterocycles. The van der Waals surface area contributed by atoms with Gasteiger partial charge in [-0.25, -0.2) is 9.97 Å². The minimum absolute atomic E-state index is 0.178. The SMILES string of the molecule is Cc1nccc(CNC(=O)C2(C#N)CCC2)n1. The molecule has 2 rings (SSSR count). The number of hydrogen-bond acceptors (Lipinski definition) is 4. The van der Waals surface area contributed by atoms with Gasteiger partial charge in [0, 0.05) is 6.20 Å². The second-order valence-corrected chi connectivity index (χ2v) is 4.33. The summed E-state index contributed by atoms with van der Waals surface area (Å²) in [4.78, 5) is 20.0. The van der Waals surface area contributed by atoms with Crippen molar-refractivity contribution < 1.29 is 4.79 Å². The maximum Gasteiger partial charge on any atom is 0.240 e. The molecule has 17 heavy (non-hydrogen) atoms. The van der Waals surface area contributed by atoms with E-state index in [0.29, 0.717) is 25.2 Å². The Morgan fingerprint density at radius 3 is 2.94 bits per heavy atom. The molecular weight excluding hydrogens is 216 g/mol. The largest absolute Gasteiger partial charge is 0.349 e. The number of hydrogen-bond donors (Lipinski definition) is 1. The monoisotopic (exact) mass is 230 g/mol. The molecule has 0 spiro atoms. The smallest absolute Gasteiger partial charge is 0.240 e. The van der Waals surface area contributed by atoms with Crippen LogP contribution in [0.25, 0.3) is 0 Å². The van der Waals surface area contributed by atoms with Crippen LogP contribution in [0.2, 0.25) is 0 Å². The Bertz CT molecular complexity index is 474. The minimum Gasteiger partial charge on any atom is -0.349 e. The fraction of sp³-hybridized carbons (Fsp3) is 0.500. The predicted octanol–water partition coefficient (Wildman–Crippen LogP) is 1.10. The van der Waals surface area contributed by atoms with Crippen LogP contribution in [0.4, 0.5) is 0 Å². The van der Waals surface area contributed by atoms with Gasteiger partial charge in [0.05, 0.1) is 18.3 Å². The molecule has 1 heterocycles. The standard InChI is InChI=1S/C12H14N4O/c1-9-14-6-3-10(16-9)7-15-11(17)12(8-13)4-2-5-12/h3,6H,2,4-5,7H2,1H3,(H,15,17). The van der Waals surface area contributed by atoms with Gasteiger partial charge in [0.1, 0.15) is 11.2 Å². The maximum absolute atomic E-state index is 11.9. The van der Waals surface area contributed by atoms with Gasteiger partial charge in [-0.05, 0) is 32.3 Å². The Morgan fingerprint density at radius 2 is 2.41 bits per heavy atom. The van der Waals surface area contributed by atoms with Crippen LogP contribution in [0.3, 0.4) is 0 Å². The maximum atomic E-state index is 11.9. The fourth-order valence-corrected chi connectivity index (χ4v) is 1.86. The van der Waals surface area contributed by atoms with Crippen LogP contribution >= 0.6 is 0 Å². The lowest BCUT2D eigenvalue weighted by Crippen LogP contribution is -2.44. The van der Waals surface area contributed by atoms with Gasteiger partial charge in [-0.2, -0.15) is 5.26 Å². The number of nitriles is 1. The number of carbonyl (C=O) groups is 1. The van der Waals surface area contributed by atoms with Gasteiger partial charge >= 0.3 is 0 Å². The van der Waals surface area contributed by atoms with E-state index in [0.717, 1.165) is 12.1 Å². The zero-order chi connectivity index (χ0) is 12.3. The number of rotatable bonds is 3. The molecule has 1 aromatic heterocycles. The Kier molecular flexibility index (Phi) is 3.05. The first-order valence-corrected chi connectivity index (χ1v) is 5.64. The molecule has 0 atom stereocenters. The zero-order valence-electron chi connectivity index (χ0n) is 9.73. The molecule has 0 saturated heterocycles. The van der Waals surface area contributed by atoms with Crippen molar-refractivity contribution >= 4 is 5.91 Å². The van der Waals surface area contributed by atoms with Crippen molar-refractivity contribution in [3.63, 3.8) is 0 Å². The van der Waals surface area contributed by atoms with Crippen LogP contribution in [-0.4, -0.2) is 15.9 Å². The van der Waals surface area contributed by atoms with Gasteiger partial charge in [0.2, 0.25) is 5.91 Å². The first-order chi connectivity index (χ1) is 8.16. The average Bonchev–Trinajstić information content (AvgIpc) is 2.26. The molecule has 88 valence electrons. The summed E-state index contributed by atoms with van der Waals surface area (Å²) in [5.74, 6) is 0.498. The molecule has 1 aromatic rings. The molecule has 5 heteroatoms. The highest BCUT2D eigenvalue weighted by Crippen LogP contribution is 2.40. The van der Waals surface area contributed by atoms with Crippen LogP contribution in [0, 0.1) is 23.7 Å². The third-order valence-corrected chi connectivity index (χ3v) is 3.12. The average molecular weight is 230 g/mol. The third kappa shape index (κ3) is 2.26. The van der Waals surface area contributed by atoms with E-state index in [2.05, 4.69) is 21.4 Å². The number of carbonyl (C=O) groups excluding carboxylic acids is 1. The summed E-state index contributed by atoms with van der Waals surface area (Å²) in [5, 5.41) is 11.8. The van der Waals surface area contributed by atoms with E-state index in [1.54, 1.807) is 19.2 Å². The van der Waals surface area contributed by atoms with Gasteiger partial charge in [0.15, 0.2) is 0 Å². The number of aryl methyl sites for hydroxylation is 1. The van der Waals surface area contributed by atoms with E-state index in [1.165, 1.54) is 0 Å². The number of aromatic nitrogens is 2. The molecule has 0 unspecified atom stereocenters.